The molecule has 0 fully saturated rings. The first kappa shape index (κ1) is 14.9. The Morgan fingerprint density at radius 2 is 2.05 bits per heavy atom. The summed E-state index contributed by atoms with van der Waals surface area (Å²) >= 11 is 0. The van der Waals surface area contributed by atoms with Crippen LogP contribution < -0.4 is 16.0 Å². The standard InChI is InChI=1S/C13H20N4O2/c1-8(2)17-12(18)7-16-13(19)10-6-15-9(3)5-11(10)14-4/h5-6,8H,7H2,1-4H3,(H,14,15)(H,16,19)(H,17,18). The summed E-state index contributed by atoms with van der Waals surface area (Å²) in [6.07, 6.45) is 1.50. The van der Waals surface area contributed by atoms with E-state index in [1.54, 1.807) is 13.1 Å². The summed E-state index contributed by atoms with van der Waals surface area (Å²) in [4.78, 5) is 27.5. The van der Waals surface area contributed by atoms with Crippen molar-refractivity contribution in [2.75, 3.05) is 18.9 Å². The van der Waals surface area contributed by atoms with Crippen molar-refractivity contribution in [3.05, 3.63) is 23.5 Å². The molecule has 3 N–H and O–H groups in total. The van der Waals surface area contributed by atoms with Crippen LogP contribution in [-0.2, 0) is 4.79 Å². The highest BCUT2D eigenvalue weighted by Gasteiger charge is 2.13. The molecule has 104 valence electrons. The van der Waals surface area contributed by atoms with Gasteiger partial charge in [-0.1, -0.05) is 0 Å². The Bertz CT molecular complexity index is 472. The molecule has 19 heavy (non-hydrogen) atoms. The van der Waals surface area contributed by atoms with Gasteiger partial charge in [0.25, 0.3) is 5.91 Å². The van der Waals surface area contributed by atoms with Gasteiger partial charge in [0.05, 0.1) is 17.8 Å². The summed E-state index contributed by atoms with van der Waals surface area (Å²) < 4.78 is 0. The van der Waals surface area contributed by atoms with Crippen molar-refractivity contribution >= 4 is 17.5 Å². The number of nitrogens with one attached hydrogen (secondary N) is 3. The SMILES string of the molecule is CNc1cc(C)ncc1C(=O)NCC(=O)NC(C)C. The molecule has 1 heterocycles. The second-order valence-electron chi connectivity index (χ2n) is 4.53. The van der Waals surface area contributed by atoms with Gasteiger partial charge in [0.2, 0.25) is 5.91 Å². The van der Waals surface area contributed by atoms with Crippen LogP contribution in [0, 0.1) is 6.92 Å². The minimum Gasteiger partial charge on any atom is -0.387 e. The van der Waals surface area contributed by atoms with Crippen molar-refractivity contribution in [1.82, 2.24) is 15.6 Å². The average molecular weight is 264 g/mol. The molecule has 6 heteroatoms. The van der Waals surface area contributed by atoms with E-state index in [4.69, 9.17) is 0 Å². The smallest absolute Gasteiger partial charge is 0.255 e. The first-order chi connectivity index (χ1) is 8.93. The Labute approximate surface area is 113 Å². The number of aromatic nitrogens is 1. The third kappa shape index (κ3) is 4.57. The van der Waals surface area contributed by atoms with Crippen LogP contribution in [0.5, 0.6) is 0 Å². The van der Waals surface area contributed by atoms with E-state index in [-0.39, 0.29) is 24.4 Å². The zero-order chi connectivity index (χ0) is 14.4. The molecule has 0 radical (unpaired) electrons. The second kappa shape index (κ2) is 6.72. The molecule has 6 nitrogen and oxygen atoms in total. The van der Waals surface area contributed by atoms with E-state index in [2.05, 4.69) is 20.9 Å². The van der Waals surface area contributed by atoms with Crippen LogP contribution in [0.1, 0.15) is 29.9 Å². The van der Waals surface area contributed by atoms with Crippen LogP contribution in [0.2, 0.25) is 0 Å². The van der Waals surface area contributed by atoms with Gasteiger partial charge < -0.3 is 16.0 Å². The zero-order valence-electron chi connectivity index (χ0n) is 11.7. The first-order valence-electron chi connectivity index (χ1n) is 6.16. The number of nitrogens with zero attached hydrogens (tertiary/aromatic N) is 1. The van der Waals surface area contributed by atoms with Crippen molar-refractivity contribution in [1.29, 1.82) is 0 Å². The molecule has 1 rings (SSSR count). The van der Waals surface area contributed by atoms with E-state index in [0.717, 1.165) is 5.69 Å². The van der Waals surface area contributed by atoms with Crippen molar-refractivity contribution in [3.63, 3.8) is 0 Å². The maximum absolute atomic E-state index is 12.0. The molecule has 0 saturated heterocycles. The lowest BCUT2D eigenvalue weighted by Crippen LogP contribution is -2.40. The van der Waals surface area contributed by atoms with Crippen LogP contribution in [0.4, 0.5) is 5.69 Å². The lowest BCUT2D eigenvalue weighted by molar-refractivity contribution is -0.120. The molecular weight excluding hydrogens is 244 g/mol. The van der Waals surface area contributed by atoms with Gasteiger partial charge in [-0.25, -0.2) is 0 Å². The van der Waals surface area contributed by atoms with Crippen molar-refractivity contribution in [2.24, 2.45) is 0 Å². The van der Waals surface area contributed by atoms with Crippen LogP contribution in [-0.4, -0.2) is 36.4 Å². The molecule has 1 aromatic rings. The molecule has 0 atom stereocenters. The van der Waals surface area contributed by atoms with E-state index in [9.17, 15) is 9.59 Å². The van der Waals surface area contributed by atoms with Crippen molar-refractivity contribution < 1.29 is 9.59 Å². The largest absolute Gasteiger partial charge is 0.387 e. The van der Waals surface area contributed by atoms with E-state index < -0.39 is 0 Å². The molecule has 0 aliphatic rings. The predicted octanol–water partition coefficient (Wildman–Crippen LogP) is 0.686. The molecule has 0 spiro atoms. The first-order valence-corrected chi connectivity index (χ1v) is 6.16. The number of hydrogen-bond acceptors (Lipinski definition) is 4. The van der Waals surface area contributed by atoms with E-state index in [1.165, 1.54) is 6.20 Å². The Hall–Kier alpha value is -2.11. The van der Waals surface area contributed by atoms with Crippen LogP contribution in [0.3, 0.4) is 0 Å². The zero-order valence-corrected chi connectivity index (χ0v) is 11.7. The molecule has 0 aromatic carbocycles. The maximum Gasteiger partial charge on any atom is 0.255 e. The van der Waals surface area contributed by atoms with Crippen LogP contribution in [0.25, 0.3) is 0 Å². The van der Waals surface area contributed by atoms with Crippen molar-refractivity contribution in [3.8, 4) is 0 Å². The predicted molar refractivity (Wildman–Crippen MR) is 74.1 cm³/mol. The van der Waals surface area contributed by atoms with Gasteiger partial charge in [-0.3, -0.25) is 14.6 Å². The van der Waals surface area contributed by atoms with E-state index >= 15 is 0 Å². The topological polar surface area (TPSA) is 83.1 Å². The summed E-state index contributed by atoms with van der Waals surface area (Å²) in [5.74, 6) is -0.537. The molecule has 0 aliphatic heterocycles. The molecule has 1 aromatic heterocycles. The highest BCUT2D eigenvalue weighted by atomic mass is 16.2. The highest BCUT2D eigenvalue weighted by molar-refractivity contribution is 6.00. The number of rotatable bonds is 5. The molecule has 0 saturated carbocycles. The fraction of sp³-hybridized carbons (Fsp3) is 0.462. The quantitative estimate of drug-likeness (QED) is 0.730. The summed E-state index contributed by atoms with van der Waals surface area (Å²) in [6.45, 7) is 5.53. The summed E-state index contributed by atoms with van der Waals surface area (Å²) in [5, 5.41) is 8.21. The lowest BCUT2D eigenvalue weighted by atomic mass is 10.2. The number of hydrogen-bond donors (Lipinski definition) is 3. The molecular formula is C13H20N4O2. The maximum atomic E-state index is 12.0. The monoisotopic (exact) mass is 264 g/mol. The van der Waals surface area contributed by atoms with Gasteiger partial charge in [0, 0.05) is 25.0 Å². The van der Waals surface area contributed by atoms with Gasteiger partial charge in [0.15, 0.2) is 0 Å². The third-order valence-corrected chi connectivity index (χ3v) is 2.41. The number of anilines is 1. The number of amides is 2. The number of aryl methyl sites for hydroxylation is 1. The van der Waals surface area contributed by atoms with E-state index in [0.29, 0.717) is 11.3 Å². The molecule has 0 aliphatic carbocycles. The van der Waals surface area contributed by atoms with Crippen LogP contribution >= 0.6 is 0 Å². The highest BCUT2D eigenvalue weighted by Crippen LogP contribution is 2.14. The lowest BCUT2D eigenvalue weighted by Gasteiger charge is -2.11. The molecule has 2 amide bonds. The fourth-order valence-corrected chi connectivity index (χ4v) is 1.58. The Morgan fingerprint density at radius 3 is 2.63 bits per heavy atom. The second-order valence-corrected chi connectivity index (χ2v) is 4.53. The minimum atomic E-state index is -0.323. The normalized spacial score (nSPS) is 10.2. The Balaban J connectivity index is 2.66. The summed E-state index contributed by atoms with van der Waals surface area (Å²) in [7, 11) is 1.73. The number of carbonyl (C=O) groups excluding carboxylic acids is 2. The third-order valence-electron chi connectivity index (χ3n) is 2.41. The summed E-state index contributed by atoms with van der Waals surface area (Å²) in [6, 6.07) is 1.83. The van der Waals surface area contributed by atoms with Crippen molar-refractivity contribution in [2.45, 2.75) is 26.8 Å². The molecule has 0 unspecified atom stereocenters. The van der Waals surface area contributed by atoms with Gasteiger partial charge >= 0.3 is 0 Å². The average Bonchev–Trinajstić information content (AvgIpc) is 2.34. The summed E-state index contributed by atoms with van der Waals surface area (Å²) in [5.41, 5.74) is 1.93. The molecule has 0 bridgehead atoms. The Kier molecular flexibility index (Phi) is 5.29. The van der Waals surface area contributed by atoms with Gasteiger partial charge in [-0.15, -0.1) is 0 Å². The van der Waals surface area contributed by atoms with Gasteiger partial charge in [0.1, 0.15) is 0 Å². The van der Waals surface area contributed by atoms with Gasteiger partial charge in [-0.2, -0.15) is 0 Å². The fourth-order valence-electron chi connectivity index (χ4n) is 1.58. The van der Waals surface area contributed by atoms with Gasteiger partial charge in [-0.05, 0) is 26.8 Å². The number of pyridine rings is 1. The Morgan fingerprint density at radius 1 is 1.37 bits per heavy atom. The number of carbonyl (C=O) groups is 2. The minimum absolute atomic E-state index is 0.0476. The van der Waals surface area contributed by atoms with Crippen LogP contribution in [0.15, 0.2) is 12.3 Å². The van der Waals surface area contributed by atoms with E-state index in [1.807, 2.05) is 20.8 Å².